The van der Waals surface area contributed by atoms with Crippen molar-refractivity contribution in [2.24, 2.45) is 4.99 Å². The van der Waals surface area contributed by atoms with E-state index in [2.05, 4.69) is 144 Å². The zero-order chi connectivity index (χ0) is 29.3. The van der Waals surface area contributed by atoms with Crippen LogP contribution in [0.2, 0.25) is 0 Å². The number of anilines is 2. The van der Waals surface area contributed by atoms with E-state index in [1.807, 2.05) is 18.2 Å². The van der Waals surface area contributed by atoms with Gasteiger partial charge in [-0.15, -0.1) is 0 Å². The Morgan fingerprint density at radius 2 is 1.25 bits per heavy atom. The number of rotatable bonds is 6. The van der Waals surface area contributed by atoms with E-state index in [9.17, 15) is 0 Å². The number of para-hydroxylation sites is 1. The van der Waals surface area contributed by atoms with Gasteiger partial charge < -0.3 is 9.64 Å². The van der Waals surface area contributed by atoms with E-state index < -0.39 is 0 Å². The third kappa shape index (κ3) is 4.87. The zero-order valence-corrected chi connectivity index (χ0v) is 24.4. The van der Waals surface area contributed by atoms with Gasteiger partial charge >= 0.3 is 0 Å². The first-order valence-electron chi connectivity index (χ1n) is 15.3. The van der Waals surface area contributed by atoms with E-state index in [-0.39, 0.29) is 6.10 Å². The Balaban J connectivity index is 1.15. The van der Waals surface area contributed by atoms with Crippen molar-refractivity contribution in [3.05, 3.63) is 191 Å². The predicted octanol–water partition coefficient (Wildman–Crippen LogP) is 8.01. The molecular formula is C41H32N2O. The summed E-state index contributed by atoms with van der Waals surface area (Å²) >= 11 is 0. The van der Waals surface area contributed by atoms with E-state index in [0.717, 1.165) is 40.7 Å². The largest absolute Gasteiger partial charge is 0.467 e. The summed E-state index contributed by atoms with van der Waals surface area (Å²) < 4.78 is 6.47. The monoisotopic (exact) mass is 568 g/mol. The molecule has 0 saturated heterocycles. The van der Waals surface area contributed by atoms with Gasteiger partial charge in [-0.2, -0.15) is 0 Å². The maximum atomic E-state index is 6.47. The lowest BCUT2D eigenvalue weighted by atomic mass is 9.90. The molecule has 1 aliphatic heterocycles. The molecule has 5 aromatic rings. The van der Waals surface area contributed by atoms with Gasteiger partial charge in [-0.05, 0) is 70.8 Å². The molecule has 212 valence electrons. The minimum Gasteiger partial charge on any atom is -0.467 e. The highest BCUT2D eigenvalue weighted by Gasteiger charge is 2.31. The number of benzene rings is 5. The van der Waals surface area contributed by atoms with Gasteiger partial charge in [0.25, 0.3) is 0 Å². The lowest BCUT2D eigenvalue weighted by Crippen LogP contribution is -2.36. The fourth-order valence-corrected chi connectivity index (χ4v) is 6.58. The second-order valence-electron chi connectivity index (χ2n) is 11.5. The van der Waals surface area contributed by atoms with Gasteiger partial charge in [0.1, 0.15) is 6.10 Å². The van der Waals surface area contributed by atoms with Crippen molar-refractivity contribution in [1.82, 2.24) is 0 Å². The quantitative estimate of drug-likeness (QED) is 0.207. The molecule has 5 aromatic carbocycles. The molecule has 44 heavy (non-hydrogen) atoms. The third-order valence-electron chi connectivity index (χ3n) is 8.77. The van der Waals surface area contributed by atoms with E-state index in [1.54, 1.807) is 0 Å². The van der Waals surface area contributed by atoms with Crippen LogP contribution in [0.25, 0.3) is 11.3 Å². The minimum absolute atomic E-state index is 0.0920. The van der Waals surface area contributed by atoms with Gasteiger partial charge in [-0.25, -0.2) is 4.99 Å². The summed E-state index contributed by atoms with van der Waals surface area (Å²) in [5, 5.41) is 2.39. The Morgan fingerprint density at radius 3 is 1.95 bits per heavy atom. The Bertz CT molecular complexity index is 2030. The fourth-order valence-electron chi connectivity index (χ4n) is 6.58. The molecule has 3 heteroatoms. The van der Waals surface area contributed by atoms with Crippen molar-refractivity contribution in [1.29, 1.82) is 0 Å². The fraction of sp³-hybridized carbons (Fsp3) is 0.0976. The zero-order valence-electron chi connectivity index (χ0n) is 24.4. The first kappa shape index (κ1) is 26.2. The summed E-state index contributed by atoms with van der Waals surface area (Å²) in [6, 6.07) is 49.2. The van der Waals surface area contributed by atoms with E-state index in [1.165, 1.54) is 27.6 Å². The average Bonchev–Trinajstić information content (AvgIpc) is 3.55. The van der Waals surface area contributed by atoms with Crippen molar-refractivity contribution >= 4 is 28.5 Å². The smallest absolute Gasteiger partial charge is 0.221 e. The highest BCUT2D eigenvalue weighted by molar-refractivity contribution is 6.00. The average molecular weight is 569 g/mol. The van der Waals surface area contributed by atoms with Crippen LogP contribution >= 0.6 is 0 Å². The summed E-state index contributed by atoms with van der Waals surface area (Å²) in [5.41, 5.74) is 9.37. The molecular weight excluding hydrogens is 536 g/mol. The number of aliphatic imine (C=N–C) groups is 1. The molecule has 1 heterocycles. The first-order valence-corrected chi connectivity index (χ1v) is 15.3. The molecule has 3 nitrogen and oxygen atoms in total. The summed E-state index contributed by atoms with van der Waals surface area (Å²) in [6.07, 6.45) is 8.63. The lowest BCUT2D eigenvalue weighted by Gasteiger charge is -2.29. The van der Waals surface area contributed by atoms with Gasteiger partial charge in [0, 0.05) is 40.2 Å². The molecule has 2 aliphatic carbocycles. The molecule has 0 radical (unpaired) electrons. The van der Waals surface area contributed by atoms with E-state index >= 15 is 0 Å². The summed E-state index contributed by atoms with van der Waals surface area (Å²) in [6.45, 7) is 0. The van der Waals surface area contributed by atoms with E-state index in [0.29, 0.717) is 11.8 Å². The third-order valence-corrected chi connectivity index (χ3v) is 8.77. The van der Waals surface area contributed by atoms with Crippen LogP contribution < -0.4 is 15.3 Å². The highest BCUT2D eigenvalue weighted by atomic mass is 16.5. The summed E-state index contributed by atoms with van der Waals surface area (Å²) in [7, 11) is 0. The van der Waals surface area contributed by atoms with Crippen molar-refractivity contribution in [3.63, 3.8) is 0 Å². The van der Waals surface area contributed by atoms with Crippen LogP contribution in [0.3, 0.4) is 0 Å². The Kier molecular flexibility index (Phi) is 6.77. The molecule has 0 bridgehead atoms. The second-order valence-corrected chi connectivity index (χ2v) is 11.5. The van der Waals surface area contributed by atoms with Crippen LogP contribution in [0.5, 0.6) is 0 Å². The molecule has 0 amide bonds. The molecule has 2 unspecified atom stereocenters. The maximum absolute atomic E-state index is 6.47. The Hall–Kier alpha value is -5.41. The highest BCUT2D eigenvalue weighted by Crippen LogP contribution is 2.36. The Morgan fingerprint density at radius 1 is 0.614 bits per heavy atom. The number of allylic oxidation sites excluding steroid dienone is 3. The number of nitrogens with zero attached hydrogens (tertiary/aromatic N) is 2. The lowest BCUT2D eigenvalue weighted by molar-refractivity contribution is 0.265. The standard InChI is InChI=1S/C41H32N2O/c1-4-12-29(13-5-1)30-20-24-34(25-21-30)43(33-16-8-3-9-17-33)35-26-22-31(23-27-35)38-28-39-40(37-19-11-10-18-36(37)38)42-41(44-39)32-14-6-2-7-15-32/h1-20,22-27,30,39H,21,28H2. The van der Waals surface area contributed by atoms with Crippen LogP contribution in [0.15, 0.2) is 168 Å². The number of hydrogen-bond acceptors (Lipinski definition) is 3. The number of fused-ring (bicyclic) bond motifs is 2. The maximum Gasteiger partial charge on any atom is 0.221 e. The summed E-state index contributed by atoms with van der Waals surface area (Å²) in [4.78, 5) is 7.33. The number of hydrogen-bond donors (Lipinski definition) is 0. The van der Waals surface area contributed by atoms with E-state index in [4.69, 9.17) is 9.73 Å². The normalized spacial score (nSPS) is 18.5. The van der Waals surface area contributed by atoms with Crippen molar-refractivity contribution in [2.75, 3.05) is 4.90 Å². The molecule has 3 aliphatic rings. The second kappa shape index (κ2) is 11.3. The molecule has 0 aromatic heterocycles. The van der Waals surface area contributed by atoms with Crippen LogP contribution in [-0.2, 0) is 4.74 Å². The SMILES string of the molecule is C1=CC(c2ccccc2)CC=C1N(c1ccccc1)c1ccc(C2=c3ccccc3=C3N=C(c4ccccc4)OC3C2)cc1. The molecule has 0 spiro atoms. The first-order chi connectivity index (χ1) is 21.8. The van der Waals surface area contributed by atoms with Gasteiger partial charge in [-0.1, -0.05) is 115 Å². The predicted molar refractivity (Wildman–Crippen MR) is 180 cm³/mol. The molecule has 8 rings (SSSR count). The van der Waals surface area contributed by atoms with Crippen LogP contribution in [0.1, 0.15) is 35.4 Å². The topological polar surface area (TPSA) is 24.8 Å². The van der Waals surface area contributed by atoms with Crippen LogP contribution in [0, 0.1) is 0 Å². The van der Waals surface area contributed by atoms with Gasteiger partial charge in [0.2, 0.25) is 5.90 Å². The summed E-state index contributed by atoms with van der Waals surface area (Å²) in [5.74, 6) is 1.10. The molecule has 2 atom stereocenters. The Labute approximate surface area is 258 Å². The number of ether oxygens (including phenoxy) is 1. The molecule has 0 N–H and O–H groups in total. The molecule has 0 saturated carbocycles. The van der Waals surface area contributed by atoms with Crippen LogP contribution in [0.4, 0.5) is 11.4 Å². The van der Waals surface area contributed by atoms with Gasteiger partial charge in [0.05, 0.1) is 5.70 Å². The van der Waals surface area contributed by atoms with Gasteiger partial charge in [0.15, 0.2) is 0 Å². The van der Waals surface area contributed by atoms with Crippen molar-refractivity contribution in [3.8, 4) is 0 Å². The van der Waals surface area contributed by atoms with Crippen molar-refractivity contribution < 1.29 is 4.74 Å². The molecule has 0 fully saturated rings. The van der Waals surface area contributed by atoms with Crippen LogP contribution in [-0.4, -0.2) is 12.0 Å². The van der Waals surface area contributed by atoms with Gasteiger partial charge in [-0.3, -0.25) is 0 Å². The minimum atomic E-state index is -0.0920. The van der Waals surface area contributed by atoms with Crippen molar-refractivity contribution in [2.45, 2.75) is 24.9 Å².